The summed E-state index contributed by atoms with van der Waals surface area (Å²) in [5.41, 5.74) is 1.06. The van der Waals surface area contributed by atoms with Crippen LogP contribution in [0.15, 0.2) is 18.6 Å². The Hall–Kier alpha value is -1.69. The van der Waals surface area contributed by atoms with Crippen molar-refractivity contribution >= 4 is 0 Å². The minimum absolute atomic E-state index is 0.790. The minimum Gasteiger partial charge on any atom is -0.321 e. The third-order valence-electron chi connectivity index (χ3n) is 2.41. The summed E-state index contributed by atoms with van der Waals surface area (Å²) in [6.45, 7) is 1.67. The Morgan fingerprint density at radius 3 is 2.88 bits per heavy atom. The monoisotopic (exact) mass is 220 g/mol. The van der Waals surface area contributed by atoms with Crippen LogP contribution in [0.25, 0.3) is 0 Å². The molecule has 0 radical (unpaired) electrons. The smallest absolute Gasteiger partial charge is 0.133 e. The minimum atomic E-state index is 0.790. The molecule has 0 atom stereocenters. The van der Waals surface area contributed by atoms with Crippen molar-refractivity contribution in [2.45, 2.75) is 13.0 Å². The summed E-state index contributed by atoms with van der Waals surface area (Å²) in [5.74, 6) is 0.994. The highest BCUT2D eigenvalue weighted by molar-refractivity contribution is 4.98. The summed E-state index contributed by atoms with van der Waals surface area (Å²) in [7, 11) is 3.87. The van der Waals surface area contributed by atoms with E-state index in [0.717, 1.165) is 31.0 Å². The van der Waals surface area contributed by atoms with E-state index in [-0.39, 0.29) is 0 Å². The maximum atomic E-state index is 4.28. The van der Waals surface area contributed by atoms with Gasteiger partial charge in [-0.2, -0.15) is 5.10 Å². The second kappa shape index (κ2) is 4.89. The molecule has 1 N–H and O–H groups in total. The lowest BCUT2D eigenvalue weighted by Crippen LogP contribution is -2.18. The first-order valence-electron chi connectivity index (χ1n) is 5.28. The Bertz CT molecular complexity index is 444. The van der Waals surface area contributed by atoms with Gasteiger partial charge >= 0.3 is 0 Å². The quantitative estimate of drug-likeness (QED) is 0.714. The van der Waals surface area contributed by atoms with Crippen molar-refractivity contribution < 1.29 is 0 Å². The van der Waals surface area contributed by atoms with Gasteiger partial charge in [-0.3, -0.25) is 4.68 Å². The van der Waals surface area contributed by atoms with Gasteiger partial charge in [0.2, 0.25) is 0 Å². The molecule has 0 saturated heterocycles. The summed E-state index contributed by atoms with van der Waals surface area (Å²) >= 11 is 0. The number of aromatic nitrogens is 5. The van der Waals surface area contributed by atoms with Crippen LogP contribution in [0.4, 0.5) is 0 Å². The molecule has 0 amide bonds. The molecule has 0 aliphatic rings. The zero-order valence-electron chi connectivity index (χ0n) is 9.59. The van der Waals surface area contributed by atoms with Gasteiger partial charge in [0.25, 0.3) is 0 Å². The average Bonchev–Trinajstić information content (AvgIpc) is 2.83. The Balaban J connectivity index is 1.71. The number of hydrogen-bond donors (Lipinski definition) is 1. The van der Waals surface area contributed by atoms with Gasteiger partial charge in [0.15, 0.2) is 0 Å². The predicted octanol–water partition coefficient (Wildman–Crippen LogP) is -0.119. The number of rotatable bonds is 5. The number of nitrogens with zero attached hydrogens (tertiary/aromatic N) is 5. The number of hydrogen-bond acceptors (Lipinski definition) is 4. The highest BCUT2D eigenvalue weighted by Gasteiger charge is 2.00. The second-order valence-electron chi connectivity index (χ2n) is 3.77. The Morgan fingerprint density at radius 2 is 2.25 bits per heavy atom. The molecule has 2 rings (SSSR count). The molecule has 0 saturated carbocycles. The fourth-order valence-electron chi connectivity index (χ4n) is 1.51. The standard InChI is InChI=1S/C10H16N6/c1-15-8-12-13-10(15)3-5-11-7-9-4-6-16(2)14-9/h4,6,8,11H,3,5,7H2,1-2H3. The van der Waals surface area contributed by atoms with Crippen LogP contribution in [0, 0.1) is 0 Å². The van der Waals surface area contributed by atoms with Crippen LogP contribution in [0.2, 0.25) is 0 Å². The van der Waals surface area contributed by atoms with Crippen LogP contribution in [0.3, 0.4) is 0 Å². The molecule has 16 heavy (non-hydrogen) atoms. The van der Waals surface area contributed by atoms with E-state index in [4.69, 9.17) is 0 Å². The molecule has 2 heterocycles. The first-order valence-corrected chi connectivity index (χ1v) is 5.28. The van der Waals surface area contributed by atoms with Crippen molar-refractivity contribution in [3.63, 3.8) is 0 Å². The molecule has 2 aromatic rings. The Kier molecular flexibility index (Phi) is 3.31. The Morgan fingerprint density at radius 1 is 1.38 bits per heavy atom. The molecule has 0 aliphatic heterocycles. The fraction of sp³-hybridized carbons (Fsp3) is 0.500. The third-order valence-corrected chi connectivity index (χ3v) is 2.41. The maximum Gasteiger partial charge on any atom is 0.133 e. The van der Waals surface area contributed by atoms with Crippen molar-refractivity contribution in [2.75, 3.05) is 6.54 Å². The summed E-state index contributed by atoms with van der Waals surface area (Å²) < 4.78 is 3.74. The molecule has 0 spiro atoms. The molecular formula is C10H16N6. The lowest BCUT2D eigenvalue weighted by atomic mass is 10.3. The normalized spacial score (nSPS) is 10.9. The summed E-state index contributed by atoms with van der Waals surface area (Å²) in [5, 5.41) is 15.5. The molecule has 2 aromatic heterocycles. The van der Waals surface area contributed by atoms with Crippen LogP contribution < -0.4 is 5.32 Å². The van der Waals surface area contributed by atoms with E-state index in [2.05, 4.69) is 20.6 Å². The van der Waals surface area contributed by atoms with Crippen LogP contribution in [-0.2, 0) is 27.1 Å². The van der Waals surface area contributed by atoms with Gasteiger partial charge in [-0.25, -0.2) is 0 Å². The highest BCUT2D eigenvalue weighted by Crippen LogP contribution is 1.94. The lowest BCUT2D eigenvalue weighted by molar-refractivity contribution is 0.633. The average molecular weight is 220 g/mol. The van der Waals surface area contributed by atoms with Gasteiger partial charge in [0, 0.05) is 39.8 Å². The summed E-state index contributed by atoms with van der Waals surface area (Å²) in [6.07, 6.45) is 4.54. The fourth-order valence-corrected chi connectivity index (χ4v) is 1.51. The third kappa shape index (κ3) is 2.66. The Labute approximate surface area is 94.3 Å². The summed E-state index contributed by atoms with van der Waals surface area (Å²) in [4.78, 5) is 0. The molecular weight excluding hydrogens is 204 g/mol. The van der Waals surface area contributed by atoms with Gasteiger partial charge in [-0.05, 0) is 6.07 Å². The zero-order chi connectivity index (χ0) is 11.4. The van der Waals surface area contributed by atoms with Gasteiger partial charge in [-0.15, -0.1) is 10.2 Å². The first-order chi connectivity index (χ1) is 7.75. The van der Waals surface area contributed by atoms with Gasteiger partial charge in [0.1, 0.15) is 12.2 Å². The lowest BCUT2D eigenvalue weighted by Gasteiger charge is -2.02. The number of aryl methyl sites for hydroxylation is 2. The van der Waals surface area contributed by atoms with Crippen molar-refractivity contribution in [1.29, 1.82) is 0 Å². The van der Waals surface area contributed by atoms with E-state index in [1.807, 2.05) is 30.9 Å². The van der Waals surface area contributed by atoms with E-state index < -0.39 is 0 Å². The van der Waals surface area contributed by atoms with E-state index in [0.29, 0.717) is 0 Å². The van der Waals surface area contributed by atoms with Crippen molar-refractivity contribution in [1.82, 2.24) is 29.9 Å². The molecule has 0 bridgehead atoms. The largest absolute Gasteiger partial charge is 0.321 e. The van der Waals surface area contributed by atoms with Crippen LogP contribution in [0.5, 0.6) is 0 Å². The number of nitrogens with one attached hydrogen (secondary N) is 1. The van der Waals surface area contributed by atoms with E-state index in [1.165, 1.54) is 0 Å². The first kappa shape index (κ1) is 10.8. The maximum absolute atomic E-state index is 4.28. The highest BCUT2D eigenvalue weighted by atomic mass is 15.3. The van der Waals surface area contributed by atoms with E-state index >= 15 is 0 Å². The van der Waals surface area contributed by atoms with Crippen molar-refractivity contribution in [3.8, 4) is 0 Å². The topological polar surface area (TPSA) is 60.6 Å². The molecule has 0 aromatic carbocycles. The van der Waals surface area contributed by atoms with Crippen LogP contribution in [0.1, 0.15) is 11.5 Å². The van der Waals surface area contributed by atoms with E-state index in [9.17, 15) is 0 Å². The molecule has 0 fully saturated rings. The van der Waals surface area contributed by atoms with Crippen LogP contribution in [-0.4, -0.2) is 31.1 Å². The van der Waals surface area contributed by atoms with Crippen molar-refractivity contribution in [3.05, 3.63) is 30.1 Å². The van der Waals surface area contributed by atoms with Gasteiger partial charge in [0.05, 0.1) is 5.69 Å². The SMILES string of the molecule is Cn1ccc(CNCCc2nncn2C)n1. The summed E-state index contributed by atoms with van der Waals surface area (Å²) in [6, 6.07) is 2.01. The predicted molar refractivity (Wildman–Crippen MR) is 59.6 cm³/mol. The molecule has 6 nitrogen and oxygen atoms in total. The second-order valence-corrected chi connectivity index (χ2v) is 3.77. The van der Waals surface area contributed by atoms with Crippen molar-refractivity contribution in [2.24, 2.45) is 14.1 Å². The van der Waals surface area contributed by atoms with Gasteiger partial charge < -0.3 is 9.88 Å². The molecule has 0 unspecified atom stereocenters. The molecule has 6 heteroatoms. The van der Waals surface area contributed by atoms with E-state index in [1.54, 1.807) is 11.0 Å². The van der Waals surface area contributed by atoms with Gasteiger partial charge in [-0.1, -0.05) is 0 Å². The van der Waals surface area contributed by atoms with Crippen LogP contribution >= 0.6 is 0 Å². The molecule has 86 valence electrons. The molecule has 0 aliphatic carbocycles. The zero-order valence-corrected chi connectivity index (χ0v) is 9.59.